The maximum absolute atomic E-state index is 12.8. The molecule has 118 valence electrons. The van der Waals surface area contributed by atoms with Gasteiger partial charge in [-0.2, -0.15) is 0 Å². The molecule has 1 atom stereocenters. The summed E-state index contributed by atoms with van der Waals surface area (Å²) in [5.41, 5.74) is 0.991. The van der Waals surface area contributed by atoms with Gasteiger partial charge in [0, 0.05) is 20.1 Å². The zero-order valence-electron chi connectivity index (χ0n) is 12.9. The molecule has 1 heterocycles. The second-order valence-corrected chi connectivity index (χ2v) is 6.87. The molecule has 0 saturated heterocycles. The molecule has 1 aromatic carbocycles. The first-order valence-corrected chi connectivity index (χ1v) is 8.90. The van der Waals surface area contributed by atoms with Crippen LogP contribution >= 0.6 is 23.1 Å². The fourth-order valence-electron chi connectivity index (χ4n) is 2.05. The van der Waals surface area contributed by atoms with E-state index in [2.05, 4.69) is 15.5 Å². The summed E-state index contributed by atoms with van der Waals surface area (Å²) in [7, 11) is 1.81. The minimum absolute atomic E-state index is 0.113. The summed E-state index contributed by atoms with van der Waals surface area (Å²) in [6.07, 6.45) is 0. The van der Waals surface area contributed by atoms with Crippen molar-refractivity contribution in [3.63, 3.8) is 0 Å². The number of hydrogen-bond acceptors (Lipinski definition) is 6. The van der Waals surface area contributed by atoms with Crippen molar-refractivity contribution in [3.05, 3.63) is 35.9 Å². The molecule has 0 aliphatic rings. The van der Waals surface area contributed by atoms with E-state index < -0.39 is 0 Å². The van der Waals surface area contributed by atoms with Gasteiger partial charge in [0.15, 0.2) is 4.34 Å². The standard InChI is InChI=1S/C15H20N4OS2/c1-4-19(5-2)13(20)12(11-9-7-6-8-10-11)21-15-18-17-14(16-3)22-15/h6-10,12H,4-5H2,1-3H3,(H,16,17)/t12-/m0/s1. The van der Waals surface area contributed by atoms with Gasteiger partial charge in [0.2, 0.25) is 11.0 Å². The molecule has 5 nitrogen and oxygen atoms in total. The van der Waals surface area contributed by atoms with Crippen LogP contribution in [0.4, 0.5) is 5.13 Å². The molecular weight excluding hydrogens is 316 g/mol. The number of hydrogen-bond donors (Lipinski definition) is 1. The van der Waals surface area contributed by atoms with E-state index >= 15 is 0 Å². The van der Waals surface area contributed by atoms with E-state index in [0.29, 0.717) is 13.1 Å². The Hall–Kier alpha value is -1.60. The summed E-state index contributed by atoms with van der Waals surface area (Å²) < 4.78 is 0.790. The second kappa shape index (κ2) is 8.14. The average Bonchev–Trinajstić information content (AvgIpc) is 3.02. The monoisotopic (exact) mass is 336 g/mol. The Morgan fingerprint density at radius 1 is 1.27 bits per heavy atom. The van der Waals surface area contributed by atoms with E-state index in [1.165, 1.54) is 23.1 Å². The number of nitrogens with zero attached hydrogens (tertiary/aromatic N) is 3. The quantitative estimate of drug-likeness (QED) is 0.786. The lowest BCUT2D eigenvalue weighted by Crippen LogP contribution is -2.33. The van der Waals surface area contributed by atoms with Crippen LogP contribution < -0.4 is 5.32 Å². The first-order chi connectivity index (χ1) is 10.7. The van der Waals surface area contributed by atoms with Crippen LogP contribution in [0.2, 0.25) is 0 Å². The third kappa shape index (κ3) is 3.98. The van der Waals surface area contributed by atoms with Gasteiger partial charge >= 0.3 is 0 Å². The van der Waals surface area contributed by atoms with Crippen molar-refractivity contribution in [2.75, 3.05) is 25.5 Å². The highest BCUT2D eigenvalue weighted by Gasteiger charge is 2.27. The number of anilines is 1. The van der Waals surface area contributed by atoms with E-state index in [9.17, 15) is 4.79 Å². The summed E-state index contributed by atoms with van der Waals surface area (Å²) in [4.78, 5) is 14.7. The molecule has 7 heteroatoms. The summed E-state index contributed by atoms with van der Waals surface area (Å²) in [5, 5.41) is 11.6. The highest BCUT2D eigenvalue weighted by molar-refractivity contribution is 8.01. The van der Waals surface area contributed by atoms with E-state index in [-0.39, 0.29) is 11.2 Å². The normalized spacial score (nSPS) is 12.0. The Labute approximate surface area is 139 Å². The fourth-order valence-corrected chi connectivity index (χ4v) is 4.03. The Kier molecular flexibility index (Phi) is 6.21. The molecule has 1 amide bonds. The lowest BCUT2D eigenvalue weighted by molar-refractivity contribution is -0.130. The van der Waals surface area contributed by atoms with Crippen LogP contribution in [-0.2, 0) is 4.79 Å². The molecule has 0 radical (unpaired) electrons. The van der Waals surface area contributed by atoms with Gasteiger partial charge in [-0.25, -0.2) is 0 Å². The molecule has 22 heavy (non-hydrogen) atoms. The molecular formula is C15H20N4OS2. The van der Waals surface area contributed by atoms with Crippen molar-refractivity contribution in [1.82, 2.24) is 15.1 Å². The van der Waals surface area contributed by atoms with Crippen LogP contribution in [0.3, 0.4) is 0 Å². The number of carbonyl (C=O) groups is 1. The zero-order chi connectivity index (χ0) is 15.9. The van der Waals surface area contributed by atoms with Crippen LogP contribution in [0, 0.1) is 0 Å². The molecule has 0 unspecified atom stereocenters. The molecule has 1 N–H and O–H groups in total. The maximum Gasteiger partial charge on any atom is 0.240 e. The summed E-state index contributed by atoms with van der Waals surface area (Å²) in [5.74, 6) is 0.113. The van der Waals surface area contributed by atoms with Crippen molar-refractivity contribution in [1.29, 1.82) is 0 Å². The lowest BCUT2D eigenvalue weighted by atomic mass is 10.1. The van der Waals surface area contributed by atoms with Gasteiger partial charge in [-0.1, -0.05) is 53.4 Å². The zero-order valence-corrected chi connectivity index (χ0v) is 14.6. The molecule has 0 bridgehead atoms. The predicted molar refractivity (Wildman–Crippen MR) is 92.4 cm³/mol. The van der Waals surface area contributed by atoms with Gasteiger partial charge in [0.1, 0.15) is 5.25 Å². The van der Waals surface area contributed by atoms with Gasteiger partial charge in [0.05, 0.1) is 0 Å². The van der Waals surface area contributed by atoms with Crippen LogP contribution in [0.15, 0.2) is 34.7 Å². The summed E-state index contributed by atoms with van der Waals surface area (Å²) >= 11 is 2.92. The third-order valence-corrected chi connectivity index (χ3v) is 5.51. The predicted octanol–water partition coefficient (Wildman–Crippen LogP) is 3.28. The Morgan fingerprint density at radius 2 is 1.95 bits per heavy atom. The molecule has 2 aromatic rings. The lowest BCUT2D eigenvalue weighted by Gasteiger charge is -2.24. The van der Waals surface area contributed by atoms with Gasteiger partial charge in [-0.05, 0) is 19.4 Å². The fraction of sp³-hybridized carbons (Fsp3) is 0.400. The second-order valence-electron chi connectivity index (χ2n) is 4.54. The largest absolute Gasteiger partial charge is 0.363 e. The maximum atomic E-state index is 12.8. The van der Waals surface area contributed by atoms with Gasteiger partial charge < -0.3 is 10.2 Å². The van der Waals surface area contributed by atoms with E-state index in [1.807, 2.05) is 56.1 Å². The summed E-state index contributed by atoms with van der Waals surface area (Å²) in [6.45, 7) is 5.41. The van der Waals surface area contributed by atoms with Crippen LogP contribution in [0.1, 0.15) is 24.7 Å². The molecule has 1 aromatic heterocycles. The van der Waals surface area contributed by atoms with Crippen LogP contribution in [0.25, 0.3) is 0 Å². The Morgan fingerprint density at radius 3 is 2.50 bits per heavy atom. The van der Waals surface area contributed by atoms with Crippen LogP contribution in [0.5, 0.6) is 0 Å². The van der Waals surface area contributed by atoms with Gasteiger partial charge in [-0.15, -0.1) is 10.2 Å². The smallest absolute Gasteiger partial charge is 0.240 e. The first kappa shape index (κ1) is 16.8. The number of benzene rings is 1. The number of thioether (sulfide) groups is 1. The van der Waals surface area contributed by atoms with E-state index in [1.54, 1.807) is 0 Å². The van der Waals surface area contributed by atoms with E-state index in [4.69, 9.17) is 0 Å². The number of rotatable bonds is 7. The molecule has 0 spiro atoms. The SMILES string of the molecule is CCN(CC)C(=O)[C@@H](Sc1nnc(NC)s1)c1ccccc1. The third-order valence-electron chi connectivity index (χ3n) is 3.24. The van der Waals surface area contributed by atoms with Gasteiger partial charge in [-0.3, -0.25) is 4.79 Å². The number of nitrogens with one attached hydrogen (secondary N) is 1. The molecule has 0 aliphatic carbocycles. The Balaban J connectivity index is 2.27. The molecule has 0 aliphatic heterocycles. The van der Waals surface area contributed by atoms with Crippen molar-refractivity contribution in [2.45, 2.75) is 23.4 Å². The molecule has 0 fully saturated rings. The first-order valence-electron chi connectivity index (χ1n) is 7.21. The van der Waals surface area contributed by atoms with Gasteiger partial charge in [0.25, 0.3) is 0 Å². The summed E-state index contributed by atoms with van der Waals surface area (Å²) in [6, 6.07) is 9.84. The topological polar surface area (TPSA) is 58.1 Å². The minimum atomic E-state index is -0.293. The minimum Gasteiger partial charge on any atom is -0.363 e. The van der Waals surface area contributed by atoms with E-state index in [0.717, 1.165) is 15.0 Å². The average molecular weight is 336 g/mol. The number of carbonyl (C=O) groups excluding carboxylic acids is 1. The highest BCUT2D eigenvalue weighted by Crippen LogP contribution is 2.38. The number of amides is 1. The number of aromatic nitrogens is 2. The van der Waals surface area contributed by atoms with Crippen molar-refractivity contribution >= 4 is 34.1 Å². The number of likely N-dealkylation sites (N-methyl/N-ethyl adjacent to an activating group) is 1. The van der Waals surface area contributed by atoms with Crippen molar-refractivity contribution in [3.8, 4) is 0 Å². The molecule has 2 rings (SSSR count). The van der Waals surface area contributed by atoms with Crippen molar-refractivity contribution < 1.29 is 4.79 Å². The highest BCUT2D eigenvalue weighted by atomic mass is 32.2. The molecule has 0 saturated carbocycles. The van der Waals surface area contributed by atoms with Crippen LogP contribution in [-0.4, -0.2) is 41.1 Å². The van der Waals surface area contributed by atoms with Crippen molar-refractivity contribution in [2.24, 2.45) is 0 Å². The Bertz CT molecular complexity index is 599.